The molecule has 2 amide bonds. The quantitative estimate of drug-likeness (QED) is 0.668. The fourth-order valence-electron chi connectivity index (χ4n) is 2.54. The summed E-state index contributed by atoms with van der Waals surface area (Å²) >= 11 is 0. The zero-order valence-corrected chi connectivity index (χ0v) is 11.9. The van der Waals surface area contributed by atoms with Crippen LogP contribution < -0.4 is 5.73 Å². The van der Waals surface area contributed by atoms with Gasteiger partial charge in [-0.1, -0.05) is 0 Å². The van der Waals surface area contributed by atoms with Gasteiger partial charge in [-0.15, -0.1) is 0 Å². The van der Waals surface area contributed by atoms with Crippen molar-refractivity contribution in [2.24, 2.45) is 5.73 Å². The first-order valence-electron chi connectivity index (χ1n) is 7.26. The predicted octanol–water partition coefficient (Wildman–Crippen LogP) is -1.66. The van der Waals surface area contributed by atoms with Crippen LogP contribution in [0.4, 0.5) is 0 Å². The van der Waals surface area contributed by atoms with Gasteiger partial charge in [0.25, 0.3) is 0 Å². The van der Waals surface area contributed by atoms with Gasteiger partial charge < -0.3 is 20.3 Å². The average molecular weight is 284 g/mol. The summed E-state index contributed by atoms with van der Waals surface area (Å²) in [6, 6.07) is 0. The zero-order chi connectivity index (χ0) is 14.4. The number of morpholine rings is 1. The van der Waals surface area contributed by atoms with Crippen molar-refractivity contribution in [2.45, 2.75) is 6.42 Å². The summed E-state index contributed by atoms with van der Waals surface area (Å²) in [6.45, 7) is 6.38. The van der Waals surface area contributed by atoms with Crippen LogP contribution in [0.15, 0.2) is 0 Å². The molecule has 2 aliphatic heterocycles. The maximum atomic E-state index is 12.2. The second-order valence-corrected chi connectivity index (χ2v) is 5.19. The number of carbonyl (C=O) groups is 2. The van der Waals surface area contributed by atoms with Crippen LogP contribution >= 0.6 is 0 Å². The molecule has 7 heteroatoms. The van der Waals surface area contributed by atoms with Gasteiger partial charge in [-0.3, -0.25) is 14.5 Å². The van der Waals surface area contributed by atoms with Crippen LogP contribution in [0.25, 0.3) is 0 Å². The second kappa shape index (κ2) is 7.56. The third kappa shape index (κ3) is 4.16. The van der Waals surface area contributed by atoms with E-state index in [-0.39, 0.29) is 11.8 Å². The SMILES string of the molecule is NCCC(=O)N1CCN(C(=O)CN2CCOCC2)CC1. The van der Waals surface area contributed by atoms with Gasteiger partial charge in [0, 0.05) is 52.2 Å². The summed E-state index contributed by atoms with van der Waals surface area (Å²) in [5, 5.41) is 0. The van der Waals surface area contributed by atoms with Crippen molar-refractivity contribution < 1.29 is 14.3 Å². The van der Waals surface area contributed by atoms with E-state index in [9.17, 15) is 9.59 Å². The van der Waals surface area contributed by atoms with Crippen molar-refractivity contribution >= 4 is 11.8 Å². The molecule has 114 valence electrons. The Labute approximate surface area is 119 Å². The predicted molar refractivity (Wildman–Crippen MR) is 74.1 cm³/mol. The molecule has 0 atom stereocenters. The maximum Gasteiger partial charge on any atom is 0.236 e. The van der Waals surface area contributed by atoms with E-state index in [0.717, 1.165) is 13.1 Å². The molecular formula is C13H24N4O3. The molecular weight excluding hydrogens is 260 g/mol. The highest BCUT2D eigenvalue weighted by Crippen LogP contribution is 2.05. The van der Waals surface area contributed by atoms with Gasteiger partial charge in [0.15, 0.2) is 0 Å². The second-order valence-electron chi connectivity index (χ2n) is 5.19. The number of hydrogen-bond donors (Lipinski definition) is 1. The number of piperazine rings is 1. The van der Waals surface area contributed by atoms with Crippen molar-refractivity contribution in [3.8, 4) is 0 Å². The number of ether oxygens (including phenoxy) is 1. The average Bonchev–Trinajstić information content (AvgIpc) is 2.48. The van der Waals surface area contributed by atoms with Crippen molar-refractivity contribution in [2.75, 3.05) is 65.6 Å². The number of hydrogen-bond acceptors (Lipinski definition) is 5. The minimum Gasteiger partial charge on any atom is -0.379 e. The summed E-state index contributed by atoms with van der Waals surface area (Å²) < 4.78 is 5.27. The van der Waals surface area contributed by atoms with E-state index in [1.54, 1.807) is 4.90 Å². The summed E-state index contributed by atoms with van der Waals surface area (Å²) in [5.41, 5.74) is 5.39. The summed E-state index contributed by atoms with van der Waals surface area (Å²) in [4.78, 5) is 29.7. The largest absolute Gasteiger partial charge is 0.379 e. The van der Waals surface area contributed by atoms with Crippen LogP contribution in [-0.4, -0.2) is 92.1 Å². The van der Waals surface area contributed by atoms with E-state index in [4.69, 9.17) is 10.5 Å². The van der Waals surface area contributed by atoms with Gasteiger partial charge in [-0.2, -0.15) is 0 Å². The van der Waals surface area contributed by atoms with Crippen molar-refractivity contribution in [1.29, 1.82) is 0 Å². The van der Waals surface area contributed by atoms with Gasteiger partial charge in [-0.05, 0) is 0 Å². The molecule has 2 fully saturated rings. The standard InChI is InChI=1S/C13H24N4O3/c14-2-1-12(18)16-3-5-17(6-4-16)13(19)11-15-7-9-20-10-8-15/h1-11,14H2. The molecule has 0 bridgehead atoms. The van der Waals surface area contributed by atoms with E-state index >= 15 is 0 Å². The van der Waals surface area contributed by atoms with Crippen LogP contribution in [0.2, 0.25) is 0 Å². The lowest BCUT2D eigenvalue weighted by atomic mass is 10.2. The highest BCUT2D eigenvalue weighted by Gasteiger charge is 2.25. The van der Waals surface area contributed by atoms with E-state index in [0.29, 0.717) is 58.9 Å². The lowest BCUT2D eigenvalue weighted by molar-refractivity contribution is -0.140. The molecule has 0 aromatic rings. The minimum atomic E-state index is 0.0905. The molecule has 2 saturated heterocycles. The van der Waals surface area contributed by atoms with Crippen LogP contribution in [0.3, 0.4) is 0 Å². The highest BCUT2D eigenvalue weighted by molar-refractivity contribution is 5.79. The monoisotopic (exact) mass is 284 g/mol. The summed E-state index contributed by atoms with van der Waals surface area (Å²) in [7, 11) is 0. The fourth-order valence-corrected chi connectivity index (χ4v) is 2.54. The topological polar surface area (TPSA) is 79.1 Å². The number of nitrogens with two attached hydrogens (primary N) is 1. The first kappa shape index (κ1) is 15.2. The Morgan fingerprint density at radius 3 is 2.00 bits per heavy atom. The molecule has 0 radical (unpaired) electrons. The first-order chi connectivity index (χ1) is 9.70. The normalized spacial score (nSPS) is 21.1. The Hall–Kier alpha value is -1.18. The van der Waals surface area contributed by atoms with Crippen molar-refractivity contribution in [1.82, 2.24) is 14.7 Å². The maximum absolute atomic E-state index is 12.2. The van der Waals surface area contributed by atoms with Gasteiger partial charge in [0.2, 0.25) is 11.8 Å². The van der Waals surface area contributed by atoms with Crippen molar-refractivity contribution in [3.63, 3.8) is 0 Å². The molecule has 20 heavy (non-hydrogen) atoms. The van der Waals surface area contributed by atoms with E-state index in [1.165, 1.54) is 0 Å². The smallest absolute Gasteiger partial charge is 0.236 e. The van der Waals surface area contributed by atoms with Crippen LogP contribution in [-0.2, 0) is 14.3 Å². The van der Waals surface area contributed by atoms with Crippen molar-refractivity contribution in [3.05, 3.63) is 0 Å². The number of nitrogens with zero attached hydrogens (tertiary/aromatic N) is 3. The molecule has 2 N–H and O–H groups in total. The first-order valence-corrected chi connectivity index (χ1v) is 7.26. The van der Waals surface area contributed by atoms with Crippen LogP contribution in [0.1, 0.15) is 6.42 Å². The van der Waals surface area contributed by atoms with E-state index < -0.39 is 0 Å². The van der Waals surface area contributed by atoms with E-state index in [2.05, 4.69) is 4.90 Å². The molecule has 0 aromatic carbocycles. The molecule has 0 unspecified atom stereocenters. The van der Waals surface area contributed by atoms with Gasteiger partial charge >= 0.3 is 0 Å². The molecule has 0 aromatic heterocycles. The number of rotatable bonds is 4. The Morgan fingerprint density at radius 1 is 0.900 bits per heavy atom. The molecule has 7 nitrogen and oxygen atoms in total. The molecule has 2 heterocycles. The lowest BCUT2D eigenvalue weighted by Gasteiger charge is -2.36. The summed E-state index contributed by atoms with van der Waals surface area (Å²) in [5.74, 6) is 0.241. The third-order valence-electron chi connectivity index (χ3n) is 3.81. The Bertz CT molecular complexity index is 337. The Kier molecular flexibility index (Phi) is 5.75. The molecule has 2 aliphatic rings. The Morgan fingerprint density at radius 2 is 1.45 bits per heavy atom. The van der Waals surface area contributed by atoms with E-state index in [1.807, 2.05) is 4.90 Å². The molecule has 0 saturated carbocycles. The van der Waals surface area contributed by atoms with Gasteiger partial charge in [-0.25, -0.2) is 0 Å². The van der Waals surface area contributed by atoms with Gasteiger partial charge in [0.05, 0.1) is 19.8 Å². The van der Waals surface area contributed by atoms with Crippen LogP contribution in [0.5, 0.6) is 0 Å². The fraction of sp³-hybridized carbons (Fsp3) is 0.846. The number of amides is 2. The third-order valence-corrected chi connectivity index (χ3v) is 3.81. The van der Waals surface area contributed by atoms with Gasteiger partial charge in [0.1, 0.15) is 0 Å². The highest BCUT2D eigenvalue weighted by atomic mass is 16.5. The van der Waals surface area contributed by atoms with Crippen LogP contribution in [0, 0.1) is 0 Å². The molecule has 2 rings (SSSR count). The zero-order valence-electron chi connectivity index (χ0n) is 11.9. The summed E-state index contributed by atoms with van der Waals surface area (Å²) in [6.07, 6.45) is 0.391. The molecule has 0 spiro atoms. The Balaban J connectivity index is 1.72. The lowest BCUT2D eigenvalue weighted by Crippen LogP contribution is -2.53. The minimum absolute atomic E-state index is 0.0905. The molecule has 0 aliphatic carbocycles. The number of carbonyl (C=O) groups excluding carboxylic acids is 2.